The highest BCUT2D eigenvalue weighted by Gasteiger charge is 2.19. The van der Waals surface area contributed by atoms with Crippen LogP contribution >= 0.6 is 11.5 Å². The average molecular weight is 287 g/mol. The zero-order chi connectivity index (χ0) is 14.5. The molecule has 5 nitrogen and oxygen atoms in total. The minimum atomic E-state index is -0.380. The predicted octanol–water partition coefficient (Wildman–Crippen LogP) is 3.24. The number of hydrogen-bond donors (Lipinski definition) is 1. The summed E-state index contributed by atoms with van der Waals surface area (Å²) in [6.07, 6.45) is 0. The molecule has 2 rings (SSSR count). The van der Waals surface area contributed by atoms with Gasteiger partial charge < -0.3 is 10.1 Å². The quantitative estimate of drug-likeness (QED) is 0.874. The van der Waals surface area contributed by atoms with Crippen molar-refractivity contribution in [1.82, 2.24) is 4.37 Å². The van der Waals surface area contributed by atoms with Crippen LogP contribution in [0.2, 0.25) is 0 Å². The van der Waals surface area contributed by atoms with Crippen molar-refractivity contribution < 1.29 is 9.53 Å². The van der Waals surface area contributed by atoms with E-state index in [1.807, 2.05) is 0 Å². The van der Waals surface area contributed by atoms with E-state index in [1.165, 1.54) is 11.5 Å². The highest BCUT2D eigenvalue weighted by atomic mass is 32.1. The Morgan fingerprint density at radius 1 is 1.45 bits per heavy atom. The Labute approximate surface area is 121 Å². The number of aryl methyl sites for hydroxylation is 1. The van der Waals surface area contributed by atoms with Crippen LogP contribution in [0.4, 0.5) is 10.7 Å². The van der Waals surface area contributed by atoms with Gasteiger partial charge in [-0.3, -0.25) is 0 Å². The topological polar surface area (TPSA) is 75.0 Å². The molecule has 6 heteroatoms. The van der Waals surface area contributed by atoms with Gasteiger partial charge in [0.05, 0.1) is 23.9 Å². The van der Waals surface area contributed by atoms with Gasteiger partial charge in [0.15, 0.2) is 0 Å². The van der Waals surface area contributed by atoms with E-state index < -0.39 is 0 Å². The molecular formula is C14H13N3O2S. The summed E-state index contributed by atoms with van der Waals surface area (Å²) >= 11 is 1.21. The molecule has 0 spiro atoms. The standard InChI is InChI=1S/C14H13N3O2S/c1-3-19-14(18)12-9(2)17-20-13(12)16-11-6-4-10(8-15)5-7-11/h4-7,16H,3H2,1-2H3. The summed E-state index contributed by atoms with van der Waals surface area (Å²) in [5.41, 5.74) is 2.48. The van der Waals surface area contributed by atoms with E-state index in [2.05, 4.69) is 15.8 Å². The molecule has 2 aromatic rings. The van der Waals surface area contributed by atoms with Crippen molar-refractivity contribution in [2.45, 2.75) is 13.8 Å². The summed E-state index contributed by atoms with van der Waals surface area (Å²) in [4.78, 5) is 11.9. The summed E-state index contributed by atoms with van der Waals surface area (Å²) in [5.74, 6) is -0.380. The molecule has 0 saturated heterocycles. The fraction of sp³-hybridized carbons (Fsp3) is 0.214. The molecule has 0 radical (unpaired) electrons. The lowest BCUT2D eigenvalue weighted by Crippen LogP contribution is -2.07. The smallest absolute Gasteiger partial charge is 0.343 e. The number of aromatic nitrogens is 1. The number of nitrogens with zero attached hydrogens (tertiary/aromatic N) is 2. The van der Waals surface area contributed by atoms with Crippen LogP contribution in [0.1, 0.15) is 28.5 Å². The van der Waals surface area contributed by atoms with Gasteiger partial charge >= 0.3 is 5.97 Å². The van der Waals surface area contributed by atoms with Gasteiger partial charge in [-0.1, -0.05) is 0 Å². The number of nitriles is 1. The fourth-order valence-corrected chi connectivity index (χ4v) is 2.46. The third kappa shape index (κ3) is 2.95. The van der Waals surface area contributed by atoms with E-state index in [9.17, 15) is 4.79 Å². The number of carbonyl (C=O) groups is 1. The third-order valence-electron chi connectivity index (χ3n) is 2.61. The van der Waals surface area contributed by atoms with Crippen molar-refractivity contribution in [3.63, 3.8) is 0 Å². The van der Waals surface area contributed by atoms with Crippen LogP contribution in [-0.4, -0.2) is 16.9 Å². The molecule has 1 heterocycles. The molecule has 1 N–H and O–H groups in total. The Bertz CT molecular complexity index is 656. The Balaban J connectivity index is 2.25. The van der Waals surface area contributed by atoms with Crippen LogP contribution in [0.25, 0.3) is 0 Å². The zero-order valence-corrected chi connectivity index (χ0v) is 12.0. The van der Waals surface area contributed by atoms with Gasteiger partial charge in [0.1, 0.15) is 10.6 Å². The van der Waals surface area contributed by atoms with Crippen LogP contribution < -0.4 is 5.32 Å². The highest BCUT2D eigenvalue weighted by Crippen LogP contribution is 2.28. The molecule has 0 aliphatic heterocycles. The van der Waals surface area contributed by atoms with Gasteiger partial charge in [0.25, 0.3) is 0 Å². The Hall–Kier alpha value is -2.39. The minimum absolute atomic E-state index is 0.324. The number of rotatable bonds is 4. The number of nitrogens with one attached hydrogen (secondary N) is 1. The molecule has 0 unspecified atom stereocenters. The molecule has 1 aromatic heterocycles. The summed E-state index contributed by atoms with van der Waals surface area (Å²) < 4.78 is 9.20. The first-order valence-corrected chi connectivity index (χ1v) is 6.83. The lowest BCUT2D eigenvalue weighted by atomic mass is 10.2. The minimum Gasteiger partial charge on any atom is -0.462 e. The van der Waals surface area contributed by atoms with Crippen molar-refractivity contribution in [3.05, 3.63) is 41.1 Å². The molecule has 0 bridgehead atoms. The molecule has 0 fully saturated rings. The lowest BCUT2D eigenvalue weighted by Gasteiger charge is -2.07. The van der Waals surface area contributed by atoms with Crippen molar-refractivity contribution in [2.75, 3.05) is 11.9 Å². The normalized spacial score (nSPS) is 9.85. The molecule has 0 atom stereocenters. The Kier molecular flexibility index (Phi) is 4.33. The van der Waals surface area contributed by atoms with Gasteiger partial charge in [-0.15, -0.1) is 0 Å². The van der Waals surface area contributed by atoms with Crippen LogP contribution in [-0.2, 0) is 4.74 Å². The predicted molar refractivity (Wildman–Crippen MR) is 77.2 cm³/mol. The van der Waals surface area contributed by atoms with Crippen LogP contribution in [0.3, 0.4) is 0 Å². The summed E-state index contributed by atoms with van der Waals surface area (Å²) in [5, 5.41) is 12.5. The van der Waals surface area contributed by atoms with Crippen LogP contribution in [0.5, 0.6) is 0 Å². The SMILES string of the molecule is CCOC(=O)c1c(C)nsc1Nc1ccc(C#N)cc1. The van der Waals surface area contributed by atoms with Gasteiger partial charge in [0, 0.05) is 5.69 Å². The van der Waals surface area contributed by atoms with E-state index in [-0.39, 0.29) is 5.97 Å². The second-order valence-corrected chi connectivity index (χ2v) is 4.78. The van der Waals surface area contributed by atoms with E-state index in [4.69, 9.17) is 10.00 Å². The zero-order valence-electron chi connectivity index (χ0n) is 11.1. The van der Waals surface area contributed by atoms with Crippen molar-refractivity contribution in [1.29, 1.82) is 5.26 Å². The maximum Gasteiger partial charge on any atom is 0.343 e. The lowest BCUT2D eigenvalue weighted by molar-refractivity contribution is 0.0527. The van der Waals surface area contributed by atoms with E-state index >= 15 is 0 Å². The first kappa shape index (κ1) is 14.0. The van der Waals surface area contributed by atoms with E-state index in [0.29, 0.717) is 28.4 Å². The second kappa shape index (κ2) is 6.17. The molecule has 102 valence electrons. The fourth-order valence-electron chi connectivity index (χ4n) is 1.66. The van der Waals surface area contributed by atoms with E-state index in [1.54, 1.807) is 38.1 Å². The maximum absolute atomic E-state index is 11.9. The number of carbonyl (C=O) groups excluding carboxylic acids is 1. The third-order valence-corrected chi connectivity index (χ3v) is 3.47. The second-order valence-electron chi connectivity index (χ2n) is 4.01. The summed E-state index contributed by atoms with van der Waals surface area (Å²) in [6.45, 7) is 3.86. The van der Waals surface area contributed by atoms with E-state index in [0.717, 1.165) is 5.69 Å². The highest BCUT2D eigenvalue weighted by molar-refractivity contribution is 7.10. The molecule has 0 aliphatic carbocycles. The van der Waals surface area contributed by atoms with Gasteiger partial charge in [-0.2, -0.15) is 9.64 Å². The molecular weight excluding hydrogens is 274 g/mol. The number of esters is 1. The molecule has 0 amide bonds. The molecule has 0 aliphatic rings. The Morgan fingerprint density at radius 3 is 2.75 bits per heavy atom. The molecule has 0 saturated carbocycles. The molecule has 1 aromatic carbocycles. The maximum atomic E-state index is 11.9. The summed E-state index contributed by atoms with van der Waals surface area (Å²) in [7, 11) is 0. The number of benzene rings is 1. The van der Waals surface area contributed by atoms with Crippen LogP contribution in [0, 0.1) is 18.3 Å². The van der Waals surface area contributed by atoms with Crippen LogP contribution in [0.15, 0.2) is 24.3 Å². The average Bonchev–Trinajstić information content (AvgIpc) is 2.81. The van der Waals surface area contributed by atoms with Crippen molar-refractivity contribution >= 4 is 28.2 Å². The van der Waals surface area contributed by atoms with Crippen molar-refractivity contribution in [2.24, 2.45) is 0 Å². The number of hydrogen-bond acceptors (Lipinski definition) is 6. The van der Waals surface area contributed by atoms with Gasteiger partial charge in [-0.05, 0) is 49.6 Å². The first-order valence-electron chi connectivity index (χ1n) is 6.06. The summed E-state index contributed by atoms with van der Waals surface area (Å²) in [6, 6.07) is 9.03. The largest absolute Gasteiger partial charge is 0.462 e. The van der Waals surface area contributed by atoms with Gasteiger partial charge in [-0.25, -0.2) is 4.79 Å². The monoisotopic (exact) mass is 287 g/mol. The van der Waals surface area contributed by atoms with Crippen molar-refractivity contribution in [3.8, 4) is 6.07 Å². The molecule has 20 heavy (non-hydrogen) atoms. The Morgan fingerprint density at radius 2 is 2.15 bits per heavy atom. The first-order chi connectivity index (χ1) is 9.65. The number of anilines is 2. The number of ether oxygens (including phenoxy) is 1. The van der Waals surface area contributed by atoms with Gasteiger partial charge in [0.2, 0.25) is 0 Å².